The largest absolute Gasteiger partial charge is 0.390 e. The highest BCUT2D eigenvalue weighted by molar-refractivity contribution is 4.66. The standard InChI is InChI=1S/C6H11F3O/c1-5(2,10)3-4-6(7,8)9/h10H,3-4H2,1-2H3. The number of alkyl halides is 3. The molecule has 0 unspecified atom stereocenters. The molecule has 0 fully saturated rings. The van der Waals surface area contributed by atoms with Gasteiger partial charge >= 0.3 is 6.18 Å². The quantitative estimate of drug-likeness (QED) is 0.649. The number of hydrogen-bond acceptors (Lipinski definition) is 1. The molecule has 62 valence electrons. The smallest absolute Gasteiger partial charge is 0.389 e. The molecule has 0 rings (SSSR count). The molecule has 0 aliphatic rings. The van der Waals surface area contributed by atoms with Gasteiger partial charge in [0.05, 0.1) is 5.60 Å². The van der Waals surface area contributed by atoms with Gasteiger partial charge in [0.25, 0.3) is 0 Å². The van der Waals surface area contributed by atoms with E-state index in [0.717, 1.165) is 0 Å². The van der Waals surface area contributed by atoms with E-state index in [1.54, 1.807) is 0 Å². The Labute approximate surface area is 57.9 Å². The van der Waals surface area contributed by atoms with Gasteiger partial charge in [-0.3, -0.25) is 0 Å². The molecule has 1 nitrogen and oxygen atoms in total. The van der Waals surface area contributed by atoms with Crippen molar-refractivity contribution in [3.63, 3.8) is 0 Å². The molecule has 0 spiro atoms. The lowest BCUT2D eigenvalue weighted by Gasteiger charge is -2.17. The maximum atomic E-state index is 11.5. The van der Waals surface area contributed by atoms with E-state index in [4.69, 9.17) is 5.11 Å². The molecule has 0 aromatic carbocycles. The van der Waals surface area contributed by atoms with Crippen molar-refractivity contribution in [1.29, 1.82) is 0 Å². The Morgan fingerprint density at radius 1 is 1.10 bits per heavy atom. The van der Waals surface area contributed by atoms with Gasteiger partial charge in [-0.25, -0.2) is 0 Å². The molecule has 4 heteroatoms. The van der Waals surface area contributed by atoms with Crippen LogP contribution in [0.15, 0.2) is 0 Å². The molecule has 0 saturated heterocycles. The van der Waals surface area contributed by atoms with Crippen molar-refractivity contribution in [2.24, 2.45) is 0 Å². The van der Waals surface area contributed by atoms with E-state index in [0.29, 0.717) is 0 Å². The minimum atomic E-state index is -4.15. The van der Waals surface area contributed by atoms with Gasteiger partial charge in [0, 0.05) is 6.42 Å². The minimum absolute atomic E-state index is 0.240. The second-order valence-electron chi connectivity index (χ2n) is 2.93. The lowest BCUT2D eigenvalue weighted by Crippen LogP contribution is -2.22. The third-order valence-electron chi connectivity index (χ3n) is 1.02. The van der Waals surface area contributed by atoms with Crippen LogP contribution in [0.3, 0.4) is 0 Å². The fourth-order valence-corrected chi connectivity index (χ4v) is 0.448. The lowest BCUT2D eigenvalue weighted by molar-refractivity contribution is -0.144. The second kappa shape index (κ2) is 2.78. The van der Waals surface area contributed by atoms with Gasteiger partial charge in [-0.15, -0.1) is 0 Å². The Hall–Kier alpha value is -0.250. The summed E-state index contributed by atoms with van der Waals surface area (Å²) in [5, 5.41) is 8.88. The maximum Gasteiger partial charge on any atom is 0.389 e. The third kappa shape index (κ3) is 7.75. The highest BCUT2D eigenvalue weighted by Gasteiger charge is 2.29. The first kappa shape index (κ1) is 9.75. The molecular formula is C6H11F3O. The van der Waals surface area contributed by atoms with Crippen LogP contribution in [0, 0.1) is 0 Å². The topological polar surface area (TPSA) is 20.2 Å². The van der Waals surface area contributed by atoms with Crippen LogP contribution in [0.2, 0.25) is 0 Å². The Kier molecular flexibility index (Phi) is 2.71. The molecule has 0 atom stereocenters. The second-order valence-corrected chi connectivity index (χ2v) is 2.93. The first-order chi connectivity index (χ1) is 4.21. The summed E-state index contributed by atoms with van der Waals surface area (Å²) in [5.74, 6) is 0. The summed E-state index contributed by atoms with van der Waals surface area (Å²) in [4.78, 5) is 0. The zero-order valence-electron chi connectivity index (χ0n) is 6.00. The summed E-state index contributed by atoms with van der Waals surface area (Å²) < 4.78 is 34.4. The molecule has 0 aliphatic heterocycles. The Balaban J connectivity index is 3.56. The van der Waals surface area contributed by atoms with Crippen molar-refractivity contribution in [3.8, 4) is 0 Å². The van der Waals surface area contributed by atoms with Crippen molar-refractivity contribution in [3.05, 3.63) is 0 Å². The summed E-state index contributed by atoms with van der Waals surface area (Å²) in [7, 11) is 0. The summed E-state index contributed by atoms with van der Waals surface area (Å²) in [5.41, 5.74) is -1.21. The van der Waals surface area contributed by atoms with Gasteiger partial charge in [-0.1, -0.05) is 0 Å². The first-order valence-electron chi connectivity index (χ1n) is 3.00. The van der Waals surface area contributed by atoms with E-state index < -0.39 is 18.2 Å². The van der Waals surface area contributed by atoms with Gasteiger partial charge in [0.15, 0.2) is 0 Å². The molecule has 0 heterocycles. The van der Waals surface area contributed by atoms with Crippen LogP contribution in [0.25, 0.3) is 0 Å². The van der Waals surface area contributed by atoms with Crippen LogP contribution in [0.1, 0.15) is 26.7 Å². The Morgan fingerprint density at radius 3 is 1.60 bits per heavy atom. The van der Waals surface area contributed by atoms with E-state index in [9.17, 15) is 13.2 Å². The fraction of sp³-hybridized carbons (Fsp3) is 1.00. The van der Waals surface area contributed by atoms with Crippen molar-refractivity contribution in [1.82, 2.24) is 0 Å². The van der Waals surface area contributed by atoms with Gasteiger partial charge in [0.1, 0.15) is 0 Å². The Bertz CT molecular complexity index is 86.5. The zero-order valence-corrected chi connectivity index (χ0v) is 6.00. The molecule has 0 aromatic rings. The number of hydrogen-bond donors (Lipinski definition) is 1. The maximum absolute atomic E-state index is 11.5. The molecule has 0 aromatic heterocycles. The Morgan fingerprint density at radius 2 is 1.50 bits per heavy atom. The fourth-order valence-electron chi connectivity index (χ4n) is 0.448. The van der Waals surface area contributed by atoms with Crippen molar-refractivity contribution >= 4 is 0 Å². The van der Waals surface area contributed by atoms with Crippen molar-refractivity contribution in [2.75, 3.05) is 0 Å². The van der Waals surface area contributed by atoms with Crippen LogP contribution < -0.4 is 0 Å². The molecule has 0 saturated carbocycles. The van der Waals surface area contributed by atoms with Crippen LogP contribution in [0.5, 0.6) is 0 Å². The van der Waals surface area contributed by atoms with Crippen LogP contribution in [-0.4, -0.2) is 16.9 Å². The van der Waals surface area contributed by atoms with Gasteiger partial charge in [-0.2, -0.15) is 13.2 Å². The SMILES string of the molecule is CC(C)(O)CCC(F)(F)F. The highest BCUT2D eigenvalue weighted by Crippen LogP contribution is 2.25. The number of aliphatic hydroxyl groups is 1. The summed E-state index contributed by atoms with van der Waals surface area (Å²) in [6.07, 6.45) is -5.31. The summed E-state index contributed by atoms with van der Waals surface area (Å²) >= 11 is 0. The predicted molar refractivity (Wildman–Crippen MR) is 31.6 cm³/mol. The molecule has 0 bridgehead atoms. The number of rotatable bonds is 2. The molecular weight excluding hydrogens is 145 g/mol. The molecule has 1 N–H and O–H groups in total. The van der Waals surface area contributed by atoms with Crippen LogP contribution in [0.4, 0.5) is 13.2 Å². The van der Waals surface area contributed by atoms with Crippen LogP contribution >= 0.6 is 0 Å². The monoisotopic (exact) mass is 156 g/mol. The van der Waals surface area contributed by atoms with E-state index in [1.807, 2.05) is 0 Å². The normalized spacial score (nSPS) is 13.8. The summed E-state index contributed by atoms with van der Waals surface area (Å²) in [6, 6.07) is 0. The third-order valence-corrected chi connectivity index (χ3v) is 1.02. The van der Waals surface area contributed by atoms with Crippen LogP contribution in [-0.2, 0) is 0 Å². The predicted octanol–water partition coefficient (Wildman–Crippen LogP) is 2.10. The number of halogens is 3. The highest BCUT2D eigenvalue weighted by atomic mass is 19.4. The van der Waals surface area contributed by atoms with Gasteiger partial charge < -0.3 is 5.11 Å². The zero-order chi connectivity index (χ0) is 8.41. The van der Waals surface area contributed by atoms with E-state index >= 15 is 0 Å². The van der Waals surface area contributed by atoms with Gasteiger partial charge in [-0.05, 0) is 20.3 Å². The minimum Gasteiger partial charge on any atom is -0.390 e. The molecule has 0 aliphatic carbocycles. The molecule has 0 amide bonds. The van der Waals surface area contributed by atoms with E-state index in [-0.39, 0.29) is 6.42 Å². The van der Waals surface area contributed by atoms with Crippen molar-refractivity contribution < 1.29 is 18.3 Å². The van der Waals surface area contributed by atoms with E-state index in [2.05, 4.69) is 0 Å². The van der Waals surface area contributed by atoms with Crippen molar-refractivity contribution in [2.45, 2.75) is 38.5 Å². The first-order valence-corrected chi connectivity index (χ1v) is 3.00. The van der Waals surface area contributed by atoms with Gasteiger partial charge in [0.2, 0.25) is 0 Å². The average molecular weight is 156 g/mol. The molecule has 10 heavy (non-hydrogen) atoms. The summed E-state index contributed by atoms with van der Waals surface area (Å²) in [6.45, 7) is 2.72. The lowest BCUT2D eigenvalue weighted by atomic mass is 10.0. The van der Waals surface area contributed by atoms with E-state index in [1.165, 1.54) is 13.8 Å². The average Bonchev–Trinajstić information content (AvgIpc) is 1.57. The molecule has 0 radical (unpaired) electrons.